The molecule has 1 heterocycles. The zero-order chi connectivity index (χ0) is 12.8. The molecule has 3 atom stereocenters. The highest BCUT2D eigenvalue weighted by Gasteiger charge is 2.29. The summed E-state index contributed by atoms with van der Waals surface area (Å²) in [5.74, 6) is 1.25. The third-order valence-corrected chi connectivity index (χ3v) is 4.41. The fourth-order valence-corrected chi connectivity index (χ4v) is 3.31. The van der Waals surface area contributed by atoms with Gasteiger partial charge in [-0.3, -0.25) is 4.98 Å². The SMILES string of the molecule is CCC1CCCCC1C(O)CCc1ccccn1. The van der Waals surface area contributed by atoms with Crippen molar-refractivity contribution >= 4 is 0 Å². The summed E-state index contributed by atoms with van der Waals surface area (Å²) in [6, 6.07) is 6.00. The Bertz CT molecular complexity index is 338. The summed E-state index contributed by atoms with van der Waals surface area (Å²) in [6.07, 6.45) is 9.82. The average molecular weight is 247 g/mol. The largest absolute Gasteiger partial charge is 0.393 e. The van der Waals surface area contributed by atoms with Crippen molar-refractivity contribution < 1.29 is 5.11 Å². The number of rotatable bonds is 5. The number of hydrogen-bond donors (Lipinski definition) is 1. The Hall–Kier alpha value is -0.890. The molecule has 2 nitrogen and oxygen atoms in total. The molecular weight excluding hydrogens is 222 g/mol. The molecule has 0 aliphatic heterocycles. The Morgan fingerprint density at radius 2 is 2.17 bits per heavy atom. The van der Waals surface area contributed by atoms with Gasteiger partial charge in [-0.15, -0.1) is 0 Å². The van der Waals surface area contributed by atoms with E-state index in [0.717, 1.165) is 24.5 Å². The summed E-state index contributed by atoms with van der Waals surface area (Å²) < 4.78 is 0. The molecule has 0 saturated heterocycles. The molecular formula is C16H25NO. The third kappa shape index (κ3) is 3.55. The number of aromatic nitrogens is 1. The predicted molar refractivity (Wildman–Crippen MR) is 74.3 cm³/mol. The van der Waals surface area contributed by atoms with Crippen LogP contribution in [0.5, 0.6) is 0 Å². The van der Waals surface area contributed by atoms with Crippen LogP contribution < -0.4 is 0 Å². The minimum absolute atomic E-state index is 0.141. The maximum Gasteiger partial charge on any atom is 0.0574 e. The molecule has 2 rings (SSSR count). The van der Waals surface area contributed by atoms with E-state index < -0.39 is 0 Å². The van der Waals surface area contributed by atoms with E-state index in [-0.39, 0.29) is 6.10 Å². The number of hydrogen-bond acceptors (Lipinski definition) is 2. The lowest BCUT2D eigenvalue weighted by atomic mass is 9.74. The van der Waals surface area contributed by atoms with Gasteiger partial charge in [-0.25, -0.2) is 0 Å². The quantitative estimate of drug-likeness (QED) is 0.862. The van der Waals surface area contributed by atoms with Gasteiger partial charge in [0.15, 0.2) is 0 Å². The lowest BCUT2D eigenvalue weighted by Crippen LogP contribution is -2.30. The summed E-state index contributed by atoms with van der Waals surface area (Å²) in [5.41, 5.74) is 1.10. The van der Waals surface area contributed by atoms with E-state index in [1.807, 2.05) is 24.4 Å². The van der Waals surface area contributed by atoms with Gasteiger partial charge in [0.05, 0.1) is 6.10 Å². The van der Waals surface area contributed by atoms with Gasteiger partial charge in [0.25, 0.3) is 0 Å². The lowest BCUT2D eigenvalue weighted by Gasteiger charge is -2.34. The second-order valence-corrected chi connectivity index (χ2v) is 5.54. The minimum Gasteiger partial charge on any atom is -0.393 e. The van der Waals surface area contributed by atoms with Crippen LogP contribution in [0.15, 0.2) is 24.4 Å². The van der Waals surface area contributed by atoms with Crippen LogP contribution in [-0.4, -0.2) is 16.2 Å². The Balaban J connectivity index is 1.85. The highest BCUT2D eigenvalue weighted by Crippen LogP contribution is 2.35. The molecule has 3 unspecified atom stereocenters. The van der Waals surface area contributed by atoms with Crippen molar-refractivity contribution in [3.63, 3.8) is 0 Å². The fraction of sp³-hybridized carbons (Fsp3) is 0.688. The van der Waals surface area contributed by atoms with Crippen LogP contribution in [0.25, 0.3) is 0 Å². The molecule has 1 aromatic heterocycles. The van der Waals surface area contributed by atoms with E-state index in [2.05, 4.69) is 11.9 Å². The first kappa shape index (κ1) is 13.5. The molecule has 0 amide bonds. The molecule has 0 radical (unpaired) electrons. The van der Waals surface area contributed by atoms with Crippen LogP contribution in [-0.2, 0) is 6.42 Å². The molecule has 1 aromatic rings. The summed E-state index contributed by atoms with van der Waals surface area (Å²) >= 11 is 0. The lowest BCUT2D eigenvalue weighted by molar-refractivity contribution is 0.0402. The number of nitrogens with zero attached hydrogens (tertiary/aromatic N) is 1. The number of aryl methyl sites for hydroxylation is 1. The molecule has 1 aliphatic carbocycles. The standard InChI is InChI=1S/C16H25NO/c1-2-13-7-3-4-9-15(13)16(18)11-10-14-8-5-6-12-17-14/h5-6,8,12-13,15-16,18H,2-4,7,9-11H2,1H3. The van der Waals surface area contributed by atoms with Crippen LogP contribution >= 0.6 is 0 Å². The third-order valence-electron chi connectivity index (χ3n) is 4.41. The number of aliphatic hydroxyl groups excluding tert-OH is 1. The van der Waals surface area contributed by atoms with Crippen LogP contribution in [0.2, 0.25) is 0 Å². The smallest absolute Gasteiger partial charge is 0.0574 e. The number of pyridine rings is 1. The van der Waals surface area contributed by atoms with Gasteiger partial charge in [0, 0.05) is 11.9 Å². The van der Waals surface area contributed by atoms with Crippen molar-refractivity contribution in [1.82, 2.24) is 4.98 Å². The van der Waals surface area contributed by atoms with E-state index in [9.17, 15) is 5.11 Å². The monoisotopic (exact) mass is 247 g/mol. The molecule has 2 heteroatoms. The zero-order valence-corrected chi connectivity index (χ0v) is 11.4. The van der Waals surface area contributed by atoms with E-state index in [0.29, 0.717) is 5.92 Å². The summed E-state index contributed by atoms with van der Waals surface area (Å²) in [4.78, 5) is 4.32. The zero-order valence-electron chi connectivity index (χ0n) is 11.4. The molecule has 0 bridgehead atoms. The first-order valence-corrected chi connectivity index (χ1v) is 7.39. The number of aliphatic hydroxyl groups is 1. The normalized spacial score (nSPS) is 25.9. The fourth-order valence-electron chi connectivity index (χ4n) is 3.31. The molecule has 1 fully saturated rings. The van der Waals surface area contributed by atoms with Gasteiger partial charge in [-0.1, -0.05) is 38.7 Å². The summed E-state index contributed by atoms with van der Waals surface area (Å²) in [7, 11) is 0. The van der Waals surface area contributed by atoms with E-state index in [4.69, 9.17) is 0 Å². The van der Waals surface area contributed by atoms with Crippen LogP contribution in [0.3, 0.4) is 0 Å². The highest BCUT2D eigenvalue weighted by molar-refractivity contribution is 5.03. The van der Waals surface area contributed by atoms with Crippen molar-refractivity contribution in [2.24, 2.45) is 11.8 Å². The topological polar surface area (TPSA) is 33.1 Å². The Morgan fingerprint density at radius 3 is 2.89 bits per heavy atom. The molecule has 0 aromatic carbocycles. The van der Waals surface area contributed by atoms with Gasteiger partial charge in [0.2, 0.25) is 0 Å². The summed E-state index contributed by atoms with van der Waals surface area (Å²) in [5, 5.41) is 10.4. The van der Waals surface area contributed by atoms with Crippen molar-refractivity contribution in [3.05, 3.63) is 30.1 Å². The van der Waals surface area contributed by atoms with E-state index in [1.165, 1.54) is 32.1 Å². The van der Waals surface area contributed by atoms with Crippen molar-refractivity contribution in [2.45, 2.75) is 58.0 Å². The Labute approximate surface area is 110 Å². The van der Waals surface area contributed by atoms with Gasteiger partial charge in [-0.05, 0) is 43.2 Å². The first-order chi connectivity index (χ1) is 8.81. The van der Waals surface area contributed by atoms with Crippen LogP contribution in [0.4, 0.5) is 0 Å². The van der Waals surface area contributed by atoms with Gasteiger partial charge < -0.3 is 5.11 Å². The van der Waals surface area contributed by atoms with E-state index in [1.54, 1.807) is 0 Å². The molecule has 1 saturated carbocycles. The van der Waals surface area contributed by atoms with Gasteiger partial charge >= 0.3 is 0 Å². The molecule has 0 spiro atoms. The summed E-state index contributed by atoms with van der Waals surface area (Å²) in [6.45, 7) is 2.26. The van der Waals surface area contributed by atoms with Crippen molar-refractivity contribution in [2.75, 3.05) is 0 Å². The van der Waals surface area contributed by atoms with Crippen LogP contribution in [0, 0.1) is 11.8 Å². The highest BCUT2D eigenvalue weighted by atomic mass is 16.3. The Morgan fingerprint density at radius 1 is 1.33 bits per heavy atom. The van der Waals surface area contributed by atoms with Gasteiger partial charge in [0.1, 0.15) is 0 Å². The second-order valence-electron chi connectivity index (χ2n) is 5.54. The Kier molecular flexibility index (Phi) is 5.18. The predicted octanol–water partition coefficient (Wildman–Crippen LogP) is 3.59. The molecule has 18 heavy (non-hydrogen) atoms. The molecule has 100 valence electrons. The minimum atomic E-state index is -0.141. The van der Waals surface area contributed by atoms with Crippen molar-refractivity contribution in [1.29, 1.82) is 0 Å². The molecule has 1 N–H and O–H groups in total. The average Bonchev–Trinajstić information content (AvgIpc) is 2.45. The van der Waals surface area contributed by atoms with E-state index >= 15 is 0 Å². The maximum absolute atomic E-state index is 10.4. The maximum atomic E-state index is 10.4. The van der Waals surface area contributed by atoms with Gasteiger partial charge in [-0.2, -0.15) is 0 Å². The van der Waals surface area contributed by atoms with Crippen LogP contribution in [0.1, 0.15) is 51.1 Å². The van der Waals surface area contributed by atoms with Crippen molar-refractivity contribution in [3.8, 4) is 0 Å². The second kappa shape index (κ2) is 6.89. The molecule has 1 aliphatic rings. The first-order valence-electron chi connectivity index (χ1n) is 7.39.